The van der Waals surface area contributed by atoms with Crippen molar-refractivity contribution in [2.24, 2.45) is 11.8 Å². The average molecular weight is 321 g/mol. The number of carboxylic acid groups (broad SMARTS) is 1. The first kappa shape index (κ1) is 17.1. The summed E-state index contributed by atoms with van der Waals surface area (Å²) < 4.78 is 5.55. The number of pyridine rings is 1. The molecule has 0 aromatic carbocycles. The number of hydrogen-bond donors (Lipinski definition) is 2. The van der Waals surface area contributed by atoms with Gasteiger partial charge in [-0.2, -0.15) is 0 Å². The molecule has 0 saturated heterocycles. The van der Waals surface area contributed by atoms with E-state index in [1.807, 2.05) is 6.07 Å². The topological polar surface area (TPSA) is 91.8 Å². The molecule has 0 aliphatic heterocycles. The third-order valence-electron chi connectivity index (χ3n) is 3.72. The van der Waals surface area contributed by atoms with Gasteiger partial charge in [-0.3, -0.25) is 4.79 Å². The van der Waals surface area contributed by atoms with E-state index >= 15 is 0 Å². The van der Waals surface area contributed by atoms with Crippen molar-refractivity contribution in [1.29, 1.82) is 0 Å². The van der Waals surface area contributed by atoms with E-state index in [2.05, 4.69) is 10.3 Å². The molecule has 1 unspecified atom stereocenters. The summed E-state index contributed by atoms with van der Waals surface area (Å²) >= 11 is 0. The number of urea groups is 1. The monoisotopic (exact) mass is 321 g/mol. The highest BCUT2D eigenvalue weighted by Gasteiger charge is 2.22. The van der Waals surface area contributed by atoms with Gasteiger partial charge in [0.25, 0.3) is 0 Å². The van der Waals surface area contributed by atoms with Crippen LogP contribution in [0.1, 0.15) is 25.3 Å². The first-order chi connectivity index (χ1) is 11.0. The second-order valence-corrected chi connectivity index (χ2v) is 6.04. The molecule has 1 aromatic rings. The standard InChI is InChI=1S/C16H23N3O4/c1-11(15(20)21)9-19(2)16(22)18-8-13-5-6-14(17-7-13)23-10-12-3-4-12/h5-7,11-12H,3-4,8-10H2,1-2H3,(H,18,22)(H,20,21). The normalized spacial score (nSPS) is 14.9. The van der Waals surface area contributed by atoms with Gasteiger partial charge in [0.2, 0.25) is 5.88 Å². The van der Waals surface area contributed by atoms with E-state index in [1.165, 1.54) is 17.7 Å². The number of nitrogens with one attached hydrogen (secondary N) is 1. The van der Waals surface area contributed by atoms with Crippen molar-refractivity contribution in [2.75, 3.05) is 20.2 Å². The number of nitrogens with zero attached hydrogens (tertiary/aromatic N) is 2. The van der Waals surface area contributed by atoms with Gasteiger partial charge in [-0.1, -0.05) is 13.0 Å². The minimum Gasteiger partial charge on any atom is -0.481 e. The van der Waals surface area contributed by atoms with Crippen molar-refractivity contribution in [2.45, 2.75) is 26.3 Å². The number of carbonyl (C=O) groups is 2. The van der Waals surface area contributed by atoms with Gasteiger partial charge in [0.05, 0.1) is 12.5 Å². The Morgan fingerprint density at radius 2 is 2.22 bits per heavy atom. The van der Waals surface area contributed by atoms with Crippen LogP contribution in [0.4, 0.5) is 4.79 Å². The molecule has 7 nitrogen and oxygen atoms in total. The highest BCUT2D eigenvalue weighted by atomic mass is 16.5. The second kappa shape index (κ2) is 7.80. The SMILES string of the molecule is CC(CN(C)C(=O)NCc1ccc(OCC2CC2)nc1)C(=O)O. The molecule has 2 N–H and O–H groups in total. The Labute approximate surface area is 135 Å². The molecule has 0 bridgehead atoms. The number of aliphatic carboxylic acids is 1. The molecule has 126 valence electrons. The largest absolute Gasteiger partial charge is 0.481 e. The van der Waals surface area contributed by atoms with Crippen LogP contribution < -0.4 is 10.1 Å². The molecule has 1 fully saturated rings. The van der Waals surface area contributed by atoms with Crippen LogP contribution in [0.5, 0.6) is 5.88 Å². The summed E-state index contributed by atoms with van der Waals surface area (Å²) in [6, 6.07) is 3.34. The summed E-state index contributed by atoms with van der Waals surface area (Å²) in [4.78, 5) is 28.3. The fourth-order valence-corrected chi connectivity index (χ4v) is 1.97. The van der Waals surface area contributed by atoms with Crippen LogP contribution in [0.3, 0.4) is 0 Å². The van der Waals surface area contributed by atoms with E-state index in [0.29, 0.717) is 18.3 Å². The van der Waals surface area contributed by atoms with Crippen molar-refractivity contribution in [3.63, 3.8) is 0 Å². The minimum absolute atomic E-state index is 0.160. The molecule has 0 spiro atoms. The number of carboxylic acids is 1. The number of ether oxygens (including phenoxy) is 1. The van der Waals surface area contributed by atoms with Gasteiger partial charge in [-0.25, -0.2) is 9.78 Å². The van der Waals surface area contributed by atoms with E-state index in [0.717, 1.165) is 12.2 Å². The molecular formula is C16H23N3O4. The van der Waals surface area contributed by atoms with Crippen LogP contribution in [0.15, 0.2) is 18.3 Å². The van der Waals surface area contributed by atoms with Crippen molar-refractivity contribution in [3.8, 4) is 5.88 Å². The van der Waals surface area contributed by atoms with Gasteiger partial charge in [-0.15, -0.1) is 0 Å². The van der Waals surface area contributed by atoms with Crippen LogP contribution in [0, 0.1) is 11.8 Å². The second-order valence-electron chi connectivity index (χ2n) is 6.04. The molecule has 1 aromatic heterocycles. The molecule has 2 amide bonds. The summed E-state index contributed by atoms with van der Waals surface area (Å²) in [6.45, 7) is 2.78. The molecule has 1 aliphatic rings. The maximum atomic E-state index is 11.9. The number of amides is 2. The number of aromatic nitrogens is 1. The summed E-state index contributed by atoms with van der Waals surface area (Å²) in [5.74, 6) is -0.246. The summed E-state index contributed by atoms with van der Waals surface area (Å²) in [5.41, 5.74) is 0.858. The Morgan fingerprint density at radius 1 is 1.48 bits per heavy atom. The van der Waals surface area contributed by atoms with Crippen LogP contribution >= 0.6 is 0 Å². The maximum Gasteiger partial charge on any atom is 0.317 e. The molecule has 23 heavy (non-hydrogen) atoms. The number of carbonyl (C=O) groups excluding carboxylic acids is 1. The summed E-state index contributed by atoms with van der Waals surface area (Å²) in [7, 11) is 1.57. The van der Waals surface area contributed by atoms with Crippen molar-refractivity contribution < 1.29 is 19.4 Å². The molecule has 1 atom stereocenters. The number of hydrogen-bond acceptors (Lipinski definition) is 4. The van der Waals surface area contributed by atoms with E-state index in [4.69, 9.17) is 9.84 Å². The first-order valence-corrected chi connectivity index (χ1v) is 7.75. The van der Waals surface area contributed by atoms with Crippen LogP contribution in [0.25, 0.3) is 0 Å². The molecule has 1 heterocycles. The zero-order valence-electron chi connectivity index (χ0n) is 13.5. The van der Waals surface area contributed by atoms with Crippen molar-refractivity contribution in [3.05, 3.63) is 23.9 Å². The molecule has 1 saturated carbocycles. The Bertz CT molecular complexity index is 543. The third kappa shape index (κ3) is 5.77. The molecule has 7 heteroatoms. The fraction of sp³-hybridized carbons (Fsp3) is 0.562. The average Bonchev–Trinajstić information content (AvgIpc) is 3.35. The molecule has 1 aliphatic carbocycles. The van der Waals surface area contributed by atoms with E-state index < -0.39 is 11.9 Å². The summed E-state index contributed by atoms with van der Waals surface area (Å²) in [6.07, 6.45) is 4.14. The predicted molar refractivity (Wildman–Crippen MR) is 84.1 cm³/mol. The zero-order chi connectivity index (χ0) is 16.8. The zero-order valence-corrected chi connectivity index (χ0v) is 13.5. The quantitative estimate of drug-likeness (QED) is 0.761. The van der Waals surface area contributed by atoms with E-state index in [-0.39, 0.29) is 12.6 Å². The maximum absolute atomic E-state index is 11.9. The van der Waals surface area contributed by atoms with Gasteiger partial charge < -0.3 is 20.1 Å². The van der Waals surface area contributed by atoms with Crippen LogP contribution in [0.2, 0.25) is 0 Å². The van der Waals surface area contributed by atoms with Gasteiger partial charge in [0, 0.05) is 32.4 Å². The lowest BCUT2D eigenvalue weighted by Crippen LogP contribution is -2.40. The van der Waals surface area contributed by atoms with Gasteiger partial charge >= 0.3 is 12.0 Å². The van der Waals surface area contributed by atoms with Gasteiger partial charge in [0.15, 0.2) is 0 Å². The predicted octanol–water partition coefficient (Wildman–Crippen LogP) is 1.73. The lowest BCUT2D eigenvalue weighted by Gasteiger charge is -2.20. The highest BCUT2D eigenvalue weighted by Crippen LogP contribution is 2.29. The highest BCUT2D eigenvalue weighted by molar-refractivity contribution is 5.75. The molecular weight excluding hydrogens is 298 g/mol. The lowest BCUT2D eigenvalue weighted by molar-refractivity contribution is -0.141. The fourth-order valence-electron chi connectivity index (χ4n) is 1.97. The number of rotatable bonds is 8. The smallest absolute Gasteiger partial charge is 0.317 e. The summed E-state index contributed by atoms with van der Waals surface area (Å²) in [5, 5.41) is 11.6. The Hall–Kier alpha value is -2.31. The van der Waals surface area contributed by atoms with E-state index in [9.17, 15) is 9.59 Å². The third-order valence-corrected chi connectivity index (χ3v) is 3.72. The molecule has 0 radical (unpaired) electrons. The van der Waals surface area contributed by atoms with Crippen LogP contribution in [-0.4, -0.2) is 47.2 Å². The van der Waals surface area contributed by atoms with Crippen molar-refractivity contribution in [1.82, 2.24) is 15.2 Å². The Balaban J connectivity index is 1.73. The minimum atomic E-state index is -0.921. The van der Waals surface area contributed by atoms with E-state index in [1.54, 1.807) is 26.2 Å². The van der Waals surface area contributed by atoms with Gasteiger partial charge in [0.1, 0.15) is 0 Å². The Kier molecular flexibility index (Phi) is 5.78. The van der Waals surface area contributed by atoms with Crippen molar-refractivity contribution >= 4 is 12.0 Å². The Morgan fingerprint density at radius 3 is 2.78 bits per heavy atom. The molecule has 2 rings (SSSR count). The first-order valence-electron chi connectivity index (χ1n) is 7.75. The van der Waals surface area contributed by atoms with Gasteiger partial charge in [-0.05, 0) is 24.3 Å². The lowest BCUT2D eigenvalue weighted by atomic mass is 10.2. The van der Waals surface area contributed by atoms with Crippen LogP contribution in [-0.2, 0) is 11.3 Å².